The second-order valence-corrected chi connectivity index (χ2v) is 3.41. The first-order valence-electron chi connectivity index (χ1n) is 4.27. The molecule has 0 radical (unpaired) electrons. The molecule has 2 nitrogen and oxygen atoms in total. The molecule has 0 unspecified atom stereocenters. The quantitative estimate of drug-likeness (QED) is 0.686. The Balaban J connectivity index is 2.94. The van der Waals surface area contributed by atoms with Crippen LogP contribution in [0.3, 0.4) is 0 Å². The van der Waals surface area contributed by atoms with Crippen LogP contribution < -0.4 is 0 Å². The summed E-state index contributed by atoms with van der Waals surface area (Å²) in [7, 11) is 3.82. The Bertz CT molecular complexity index is 306. The summed E-state index contributed by atoms with van der Waals surface area (Å²) in [6.45, 7) is 2.04. The van der Waals surface area contributed by atoms with E-state index in [9.17, 15) is 0 Å². The number of nitrogens with zero attached hydrogens (tertiary/aromatic N) is 2. The molecule has 0 bridgehead atoms. The molecule has 0 fully saturated rings. The second-order valence-electron chi connectivity index (χ2n) is 3.41. The number of nitriles is 1. The predicted octanol–water partition coefficient (Wildman–Crippen LogP) is 2.12. The van der Waals surface area contributed by atoms with Gasteiger partial charge in [0.25, 0.3) is 0 Å². The lowest BCUT2D eigenvalue weighted by Crippen LogP contribution is -2.18. The van der Waals surface area contributed by atoms with Crippen molar-refractivity contribution in [2.24, 2.45) is 0 Å². The lowest BCUT2D eigenvalue weighted by molar-refractivity contribution is 0.358. The largest absolute Gasteiger partial charge is 0.291 e. The van der Waals surface area contributed by atoms with Gasteiger partial charge in [-0.1, -0.05) is 29.8 Å². The van der Waals surface area contributed by atoms with Crippen molar-refractivity contribution in [3.63, 3.8) is 0 Å². The molecule has 1 aromatic carbocycles. The smallest absolute Gasteiger partial charge is 0.123 e. The highest BCUT2D eigenvalue weighted by Gasteiger charge is 2.11. The van der Waals surface area contributed by atoms with Crippen LogP contribution in [-0.4, -0.2) is 19.0 Å². The van der Waals surface area contributed by atoms with Gasteiger partial charge in [0.2, 0.25) is 0 Å². The Hall–Kier alpha value is -1.33. The number of benzene rings is 1. The molecule has 0 saturated heterocycles. The van der Waals surface area contributed by atoms with Crippen LogP contribution in [0, 0.1) is 18.3 Å². The van der Waals surface area contributed by atoms with Crippen molar-refractivity contribution in [1.29, 1.82) is 5.26 Å². The van der Waals surface area contributed by atoms with Crippen LogP contribution in [0.15, 0.2) is 24.3 Å². The predicted molar refractivity (Wildman–Crippen MR) is 53.2 cm³/mol. The van der Waals surface area contributed by atoms with Crippen LogP contribution in [0.5, 0.6) is 0 Å². The first-order chi connectivity index (χ1) is 6.15. The van der Waals surface area contributed by atoms with E-state index in [-0.39, 0.29) is 6.04 Å². The molecular weight excluding hydrogens is 160 g/mol. The summed E-state index contributed by atoms with van der Waals surface area (Å²) < 4.78 is 0. The first kappa shape index (κ1) is 9.76. The van der Waals surface area contributed by atoms with Gasteiger partial charge in [0.15, 0.2) is 0 Å². The van der Waals surface area contributed by atoms with Gasteiger partial charge >= 0.3 is 0 Å². The van der Waals surface area contributed by atoms with E-state index in [2.05, 4.69) is 6.07 Å². The monoisotopic (exact) mass is 174 g/mol. The molecule has 0 aliphatic rings. The van der Waals surface area contributed by atoms with Crippen molar-refractivity contribution in [3.8, 4) is 6.07 Å². The van der Waals surface area contributed by atoms with E-state index in [0.29, 0.717) is 0 Å². The van der Waals surface area contributed by atoms with Gasteiger partial charge in [-0.05, 0) is 26.6 Å². The Morgan fingerprint density at radius 1 is 1.23 bits per heavy atom. The summed E-state index contributed by atoms with van der Waals surface area (Å²) >= 11 is 0. The van der Waals surface area contributed by atoms with Crippen LogP contribution >= 0.6 is 0 Å². The molecule has 0 saturated carbocycles. The third-order valence-electron chi connectivity index (χ3n) is 2.03. The number of aryl methyl sites for hydroxylation is 1. The molecule has 0 N–H and O–H groups in total. The Kier molecular flexibility index (Phi) is 3.05. The maximum atomic E-state index is 8.93. The van der Waals surface area contributed by atoms with Gasteiger partial charge in [0, 0.05) is 0 Å². The van der Waals surface area contributed by atoms with Gasteiger partial charge in [-0.25, -0.2) is 0 Å². The molecule has 0 aliphatic heterocycles. The molecule has 0 aromatic heterocycles. The van der Waals surface area contributed by atoms with E-state index in [0.717, 1.165) is 5.56 Å². The molecule has 1 rings (SSSR count). The third-order valence-corrected chi connectivity index (χ3v) is 2.03. The van der Waals surface area contributed by atoms with Crippen molar-refractivity contribution in [1.82, 2.24) is 4.90 Å². The van der Waals surface area contributed by atoms with Crippen LogP contribution in [0.4, 0.5) is 0 Å². The number of hydrogen-bond acceptors (Lipinski definition) is 2. The van der Waals surface area contributed by atoms with Gasteiger partial charge in [-0.3, -0.25) is 4.90 Å². The summed E-state index contributed by atoms with van der Waals surface area (Å²) in [5, 5.41) is 8.93. The van der Waals surface area contributed by atoms with E-state index >= 15 is 0 Å². The van der Waals surface area contributed by atoms with Gasteiger partial charge in [0.05, 0.1) is 6.07 Å². The Morgan fingerprint density at radius 3 is 2.15 bits per heavy atom. The van der Waals surface area contributed by atoms with Crippen LogP contribution in [0.1, 0.15) is 17.2 Å². The topological polar surface area (TPSA) is 27.0 Å². The second kappa shape index (κ2) is 4.06. The minimum absolute atomic E-state index is 0.138. The minimum atomic E-state index is -0.138. The zero-order chi connectivity index (χ0) is 9.84. The standard InChI is InChI=1S/C11H14N2/c1-9-4-6-10(7-5-9)11(8-12)13(2)3/h4-7,11H,1-3H3/t11-/m0/s1. The maximum Gasteiger partial charge on any atom is 0.123 e. The average molecular weight is 174 g/mol. The van der Waals surface area contributed by atoms with E-state index in [1.807, 2.05) is 50.2 Å². The van der Waals surface area contributed by atoms with Crippen molar-refractivity contribution < 1.29 is 0 Å². The van der Waals surface area contributed by atoms with E-state index in [1.165, 1.54) is 5.56 Å². The van der Waals surface area contributed by atoms with Gasteiger partial charge in [0.1, 0.15) is 6.04 Å². The van der Waals surface area contributed by atoms with Crippen LogP contribution in [-0.2, 0) is 0 Å². The molecule has 13 heavy (non-hydrogen) atoms. The van der Waals surface area contributed by atoms with Crippen LogP contribution in [0.2, 0.25) is 0 Å². The zero-order valence-corrected chi connectivity index (χ0v) is 8.28. The molecule has 0 aliphatic carbocycles. The van der Waals surface area contributed by atoms with E-state index in [1.54, 1.807) is 0 Å². The molecule has 1 aromatic rings. The van der Waals surface area contributed by atoms with Crippen molar-refractivity contribution in [3.05, 3.63) is 35.4 Å². The molecule has 68 valence electrons. The highest BCUT2D eigenvalue weighted by molar-refractivity contribution is 5.27. The minimum Gasteiger partial charge on any atom is -0.291 e. The van der Waals surface area contributed by atoms with Gasteiger partial charge < -0.3 is 0 Å². The SMILES string of the molecule is Cc1ccc([C@H](C#N)N(C)C)cc1. The lowest BCUT2D eigenvalue weighted by Gasteiger charge is -2.17. The fourth-order valence-corrected chi connectivity index (χ4v) is 1.24. The van der Waals surface area contributed by atoms with E-state index in [4.69, 9.17) is 5.26 Å². The Morgan fingerprint density at radius 2 is 1.77 bits per heavy atom. The fourth-order valence-electron chi connectivity index (χ4n) is 1.24. The highest BCUT2D eigenvalue weighted by Crippen LogP contribution is 2.17. The maximum absolute atomic E-state index is 8.93. The number of hydrogen-bond donors (Lipinski definition) is 0. The molecule has 0 amide bonds. The fraction of sp³-hybridized carbons (Fsp3) is 0.364. The molecule has 2 heteroatoms. The zero-order valence-electron chi connectivity index (χ0n) is 8.28. The van der Waals surface area contributed by atoms with Crippen LogP contribution in [0.25, 0.3) is 0 Å². The summed E-state index contributed by atoms with van der Waals surface area (Å²) in [4.78, 5) is 1.91. The van der Waals surface area contributed by atoms with Crippen molar-refractivity contribution in [2.45, 2.75) is 13.0 Å². The van der Waals surface area contributed by atoms with Gasteiger partial charge in [-0.15, -0.1) is 0 Å². The normalized spacial score (nSPS) is 12.5. The Labute approximate surface area is 79.4 Å². The first-order valence-corrected chi connectivity index (χ1v) is 4.27. The summed E-state index contributed by atoms with van der Waals surface area (Å²) in [6, 6.07) is 10.2. The lowest BCUT2D eigenvalue weighted by atomic mass is 10.1. The molecule has 0 spiro atoms. The average Bonchev–Trinajstić information content (AvgIpc) is 2.09. The third kappa shape index (κ3) is 2.30. The van der Waals surface area contributed by atoms with E-state index < -0.39 is 0 Å². The molecule has 1 atom stereocenters. The van der Waals surface area contributed by atoms with Gasteiger partial charge in [-0.2, -0.15) is 5.26 Å². The van der Waals surface area contributed by atoms with Crippen molar-refractivity contribution >= 4 is 0 Å². The van der Waals surface area contributed by atoms with Crippen molar-refractivity contribution in [2.75, 3.05) is 14.1 Å². The molecular formula is C11H14N2. The summed E-state index contributed by atoms with van der Waals surface area (Å²) in [6.07, 6.45) is 0. The summed E-state index contributed by atoms with van der Waals surface area (Å²) in [5.41, 5.74) is 2.28. The summed E-state index contributed by atoms with van der Waals surface area (Å²) in [5.74, 6) is 0. The molecule has 0 heterocycles. The number of rotatable bonds is 2. The highest BCUT2D eigenvalue weighted by atomic mass is 15.1.